The van der Waals surface area contributed by atoms with E-state index in [-0.39, 0.29) is 18.4 Å². The molecule has 7 heteroatoms. The summed E-state index contributed by atoms with van der Waals surface area (Å²) in [5.74, 6) is -0.385. The molecule has 0 saturated heterocycles. The lowest BCUT2D eigenvalue weighted by atomic mass is 10.2. The van der Waals surface area contributed by atoms with E-state index in [2.05, 4.69) is 5.32 Å². The van der Waals surface area contributed by atoms with Crippen molar-refractivity contribution in [2.75, 3.05) is 6.54 Å². The van der Waals surface area contributed by atoms with Crippen LogP contribution in [0.3, 0.4) is 0 Å². The predicted octanol–water partition coefficient (Wildman–Crippen LogP) is 0.699. The molecule has 0 bridgehead atoms. The van der Waals surface area contributed by atoms with Gasteiger partial charge in [-0.15, -0.1) is 0 Å². The van der Waals surface area contributed by atoms with Crippen molar-refractivity contribution in [2.24, 2.45) is 0 Å². The Bertz CT molecular complexity index is 293. The van der Waals surface area contributed by atoms with Crippen molar-refractivity contribution in [1.29, 1.82) is 5.26 Å². The summed E-state index contributed by atoms with van der Waals surface area (Å²) in [4.78, 5) is 11.2. The van der Waals surface area contributed by atoms with Crippen molar-refractivity contribution in [3.05, 3.63) is 0 Å². The average molecular weight is 235 g/mol. The fraction of sp³-hybridized carbons (Fsp3) is 0.778. The van der Waals surface area contributed by atoms with Gasteiger partial charge in [0.15, 0.2) is 0 Å². The minimum atomic E-state index is -4.37. The van der Waals surface area contributed by atoms with Crippen LogP contribution in [0.15, 0.2) is 0 Å². The molecule has 1 rings (SSSR count). The maximum absolute atomic E-state index is 11.8. The number of carbonyl (C=O) groups excluding carboxylic acids is 1. The minimum absolute atomic E-state index is 0.148. The third-order valence-corrected chi connectivity index (χ3v) is 2.04. The third kappa shape index (κ3) is 5.56. The van der Waals surface area contributed by atoms with Crippen LogP contribution >= 0.6 is 0 Å². The number of alkyl halides is 3. The van der Waals surface area contributed by atoms with Crippen molar-refractivity contribution in [1.82, 2.24) is 10.6 Å². The lowest BCUT2D eigenvalue weighted by Crippen LogP contribution is -2.40. The van der Waals surface area contributed by atoms with Crippen LogP contribution in [0, 0.1) is 11.3 Å². The Kier molecular flexibility index (Phi) is 4.12. The first-order chi connectivity index (χ1) is 7.40. The van der Waals surface area contributed by atoms with Gasteiger partial charge in [-0.25, -0.2) is 0 Å². The van der Waals surface area contributed by atoms with Gasteiger partial charge in [0.1, 0.15) is 6.04 Å². The van der Waals surface area contributed by atoms with Gasteiger partial charge >= 0.3 is 6.18 Å². The summed E-state index contributed by atoms with van der Waals surface area (Å²) in [7, 11) is 0. The Morgan fingerprint density at radius 1 is 1.50 bits per heavy atom. The lowest BCUT2D eigenvalue weighted by molar-refractivity contribution is -0.128. The topological polar surface area (TPSA) is 64.9 Å². The average Bonchev–Trinajstić information content (AvgIpc) is 2.94. The summed E-state index contributed by atoms with van der Waals surface area (Å²) >= 11 is 0. The Morgan fingerprint density at radius 3 is 2.56 bits per heavy atom. The Balaban J connectivity index is 2.25. The van der Waals surface area contributed by atoms with E-state index in [9.17, 15) is 18.0 Å². The van der Waals surface area contributed by atoms with Crippen molar-refractivity contribution >= 4 is 5.91 Å². The number of nitrogens with zero attached hydrogens (tertiary/aromatic N) is 1. The van der Waals surface area contributed by atoms with Crippen LogP contribution in [-0.4, -0.2) is 30.7 Å². The summed E-state index contributed by atoms with van der Waals surface area (Å²) in [5, 5.41) is 13.2. The normalized spacial score (nSPS) is 17.6. The van der Waals surface area contributed by atoms with Crippen molar-refractivity contribution in [3.63, 3.8) is 0 Å². The second-order valence-electron chi connectivity index (χ2n) is 3.72. The molecule has 1 amide bonds. The number of halogens is 3. The van der Waals surface area contributed by atoms with E-state index >= 15 is 0 Å². The first-order valence-corrected chi connectivity index (χ1v) is 4.90. The molecule has 0 heterocycles. The number of nitriles is 1. The monoisotopic (exact) mass is 235 g/mol. The van der Waals surface area contributed by atoms with Crippen LogP contribution in [0.4, 0.5) is 13.2 Å². The fourth-order valence-electron chi connectivity index (χ4n) is 1.10. The molecular formula is C9H12F3N3O. The molecule has 1 atom stereocenters. The van der Waals surface area contributed by atoms with E-state index in [1.165, 1.54) is 0 Å². The first-order valence-electron chi connectivity index (χ1n) is 4.90. The summed E-state index contributed by atoms with van der Waals surface area (Å²) in [6.07, 6.45) is -2.82. The van der Waals surface area contributed by atoms with Gasteiger partial charge < -0.3 is 5.32 Å². The molecule has 1 fully saturated rings. The smallest absolute Gasteiger partial charge is 0.353 e. The Morgan fingerprint density at radius 2 is 2.12 bits per heavy atom. The van der Waals surface area contributed by atoms with Gasteiger partial charge in [-0.2, -0.15) is 18.4 Å². The van der Waals surface area contributed by atoms with Crippen LogP contribution in [-0.2, 0) is 4.79 Å². The molecule has 90 valence electrons. The number of nitrogens with one attached hydrogen (secondary N) is 2. The SMILES string of the molecule is N#CC(CC(=O)NC1CC1)NCC(F)(F)F. The van der Waals surface area contributed by atoms with E-state index in [1.807, 2.05) is 5.32 Å². The van der Waals surface area contributed by atoms with Gasteiger partial charge in [0.2, 0.25) is 5.91 Å². The molecule has 2 N–H and O–H groups in total. The van der Waals surface area contributed by atoms with E-state index in [0.29, 0.717) is 0 Å². The zero-order valence-corrected chi connectivity index (χ0v) is 8.47. The fourth-order valence-corrected chi connectivity index (χ4v) is 1.10. The van der Waals surface area contributed by atoms with Crippen LogP contribution < -0.4 is 10.6 Å². The largest absolute Gasteiger partial charge is 0.401 e. The molecule has 0 aromatic carbocycles. The van der Waals surface area contributed by atoms with Crippen LogP contribution in [0.25, 0.3) is 0 Å². The highest BCUT2D eigenvalue weighted by Gasteiger charge is 2.29. The molecule has 4 nitrogen and oxygen atoms in total. The van der Waals surface area contributed by atoms with Crippen LogP contribution in [0.1, 0.15) is 19.3 Å². The predicted molar refractivity (Wildman–Crippen MR) is 49.2 cm³/mol. The molecule has 0 spiro atoms. The first kappa shape index (κ1) is 12.8. The van der Waals surface area contributed by atoms with Crippen molar-refractivity contribution < 1.29 is 18.0 Å². The second kappa shape index (κ2) is 5.16. The summed E-state index contributed by atoms with van der Waals surface area (Å²) < 4.78 is 35.5. The third-order valence-electron chi connectivity index (χ3n) is 2.04. The highest BCUT2D eigenvalue weighted by molar-refractivity contribution is 5.77. The number of hydrogen-bond donors (Lipinski definition) is 2. The van der Waals surface area contributed by atoms with Gasteiger partial charge in [-0.05, 0) is 12.8 Å². The molecule has 1 aliphatic carbocycles. The van der Waals surface area contributed by atoms with Crippen LogP contribution in [0.2, 0.25) is 0 Å². The Labute approximate surface area is 90.8 Å². The van der Waals surface area contributed by atoms with Gasteiger partial charge in [0.05, 0.1) is 19.0 Å². The maximum Gasteiger partial charge on any atom is 0.401 e. The zero-order valence-electron chi connectivity index (χ0n) is 8.47. The molecule has 16 heavy (non-hydrogen) atoms. The van der Waals surface area contributed by atoms with Gasteiger partial charge in [0.25, 0.3) is 0 Å². The molecule has 0 aromatic rings. The number of amides is 1. The van der Waals surface area contributed by atoms with Gasteiger partial charge in [-0.1, -0.05) is 0 Å². The van der Waals surface area contributed by atoms with E-state index in [4.69, 9.17) is 5.26 Å². The quantitative estimate of drug-likeness (QED) is 0.737. The highest BCUT2D eigenvalue weighted by Crippen LogP contribution is 2.18. The standard InChI is InChI=1S/C9H12F3N3O/c10-9(11,12)5-14-7(4-13)3-8(16)15-6-1-2-6/h6-7,14H,1-3,5H2,(H,15,16). The molecule has 0 aromatic heterocycles. The molecular weight excluding hydrogens is 223 g/mol. The van der Waals surface area contributed by atoms with Crippen molar-refractivity contribution in [2.45, 2.75) is 37.5 Å². The number of carbonyl (C=O) groups is 1. The number of hydrogen-bond acceptors (Lipinski definition) is 3. The lowest BCUT2D eigenvalue weighted by Gasteiger charge is -2.13. The van der Waals surface area contributed by atoms with E-state index in [1.54, 1.807) is 6.07 Å². The number of rotatable bonds is 5. The van der Waals surface area contributed by atoms with Crippen molar-refractivity contribution in [3.8, 4) is 6.07 Å². The molecule has 0 aliphatic heterocycles. The van der Waals surface area contributed by atoms with Crippen LogP contribution in [0.5, 0.6) is 0 Å². The summed E-state index contributed by atoms with van der Waals surface area (Å²) in [5.41, 5.74) is 0. The highest BCUT2D eigenvalue weighted by atomic mass is 19.4. The molecule has 1 unspecified atom stereocenters. The zero-order chi connectivity index (χ0) is 12.2. The molecule has 1 aliphatic rings. The van der Waals surface area contributed by atoms with Gasteiger partial charge in [0, 0.05) is 6.04 Å². The van der Waals surface area contributed by atoms with E-state index < -0.39 is 18.8 Å². The van der Waals surface area contributed by atoms with Gasteiger partial charge in [-0.3, -0.25) is 10.1 Å². The second-order valence-corrected chi connectivity index (χ2v) is 3.72. The summed E-state index contributed by atoms with van der Waals surface area (Å²) in [6, 6.07) is 0.678. The molecule has 0 radical (unpaired) electrons. The minimum Gasteiger partial charge on any atom is -0.353 e. The Hall–Kier alpha value is -1.29. The summed E-state index contributed by atoms with van der Waals surface area (Å²) in [6.45, 7) is -1.26. The van der Waals surface area contributed by atoms with E-state index in [0.717, 1.165) is 12.8 Å². The molecule has 1 saturated carbocycles. The maximum atomic E-state index is 11.8.